The van der Waals surface area contributed by atoms with E-state index >= 15 is 0 Å². The van der Waals surface area contributed by atoms with E-state index in [1.54, 1.807) is 0 Å². The maximum absolute atomic E-state index is 9.22. The zero-order valence-electron chi connectivity index (χ0n) is 5.18. The van der Waals surface area contributed by atoms with E-state index in [4.69, 9.17) is 0 Å². The van der Waals surface area contributed by atoms with Gasteiger partial charge in [0.05, 0.1) is 0 Å². The van der Waals surface area contributed by atoms with Gasteiger partial charge in [0.25, 0.3) is 0 Å². The number of hydrogen-bond donors (Lipinski definition) is 1. The van der Waals surface area contributed by atoms with Crippen molar-refractivity contribution < 1.29 is 9.59 Å². The SMILES string of the molecule is CC(N)=O.CCC=O. The fourth-order valence-corrected chi connectivity index (χ4v) is 0. The summed E-state index contributed by atoms with van der Waals surface area (Å²) in [7, 11) is 0. The molecule has 0 rings (SSSR count). The van der Waals surface area contributed by atoms with Crippen LogP contribution in [-0.2, 0) is 9.59 Å². The number of primary amides is 1. The van der Waals surface area contributed by atoms with Gasteiger partial charge in [-0.1, -0.05) is 6.92 Å². The van der Waals surface area contributed by atoms with Crippen molar-refractivity contribution in [3.8, 4) is 0 Å². The van der Waals surface area contributed by atoms with E-state index in [1.165, 1.54) is 6.92 Å². The van der Waals surface area contributed by atoms with Crippen LogP contribution in [0.4, 0.5) is 0 Å². The van der Waals surface area contributed by atoms with Crippen molar-refractivity contribution in [2.45, 2.75) is 20.3 Å². The third-order valence-electron chi connectivity index (χ3n) is 0.167. The van der Waals surface area contributed by atoms with E-state index in [0.717, 1.165) is 6.29 Å². The molecule has 0 radical (unpaired) electrons. The second-order valence-electron chi connectivity index (χ2n) is 1.19. The average molecular weight is 117 g/mol. The summed E-state index contributed by atoms with van der Waals surface area (Å²) in [6.45, 7) is 3.12. The average Bonchev–Trinajstić information content (AvgIpc) is 1.65. The highest BCUT2D eigenvalue weighted by Gasteiger charge is 1.61. The summed E-state index contributed by atoms with van der Waals surface area (Å²) in [5, 5.41) is 0. The lowest BCUT2D eigenvalue weighted by Crippen LogP contribution is -2.01. The molecule has 0 aromatic rings. The van der Waals surface area contributed by atoms with Crippen LogP contribution in [0.15, 0.2) is 0 Å². The summed E-state index contributed by atoms with van der Waals surface area (Å²) in [5.41, 5.74) is 4.47. The van der Waals surface area contributed by atoms with Crippen LogP contribution >= 0.6 is 0 Å². The molecule has 48 valence electrons. The summed E-state index contributed by atoms with van der Waals surface area (Å²) < 4.78 is 0. The van der Waals surface area contributed by atoms with Crippen LogP contribution in [0, 0.1) is 0 Å². The Labute approximate surface area is 48.9 Å². The van der Waals surface area contributed by atoms with Gasteiger partial charge in [0, 0.05) is 13.3 Å². The van der Waals surface area contributed by atoms with Crippen LogP contribution < -0.4 is 5.73 Å². The van der Waals surface area contributed by atoms with Gasteiger partial charge in [-0.05, 0) is 0 Å². The lowest BCUT2D eigenvalue weighted by molar-refractivity contribution is -0.116. The maximum atomic E-state index is 9.22. The number of aldehydes is 1. The molecule has 0 aromatic heterocycles. The Morgan fingerprint density at radius 2 is 1.88 bits per heavy atom. The Morgan fingerprint density at radius 1 is 1.75 bits per heavy atom. The summed E-state index contributed by atoms with van der Waals surface area (Å²) in [5.74, 6) is -0.333. The highest BCUT2D eigenvalue weighted by molar-refractivity contribution is 5.70. The smallest absolute Gasteiger partial charge is 0.214 e. The van der Waals surface area contributed by atoms with Gasteiger partial charge in [-0.25, -0.2) is 0 Å². The van der Waals surface area contributed by atoms with Gasteiger partial charge >= 0.3 is 0 Å². The van der Waals surface area contributed by atoms with Gasteiger partial charge < -0.3 is 10.5 Å². The first kappa shape index (κ1) is 10.2. The Morgan fingerprint density at radius 3 is 1.88 bits per heavy atom. The molecule has 0 saturated carbocycles. The molecule has 1 amide bonds. The Bertz CT molecular complexity index is 66.8. The normalized spacial score (nSPS) is 6.25. The predicted octanol–water partition coefficient (Wildman–Crippen LogP) is 0.0869. The van der Waals surface area contributed by atoms with Gasteiger partial charge in [0.15, 0.2) is 0 Å². The molecule has 3 nitrogen and oxygen atoms in total. The lowest BCUT2D eigenvalue weighted by Gasteiger charge is -1.60. The molecule has 0 saturated heterocycles. The van der Waals surface area contributed by atoms with Crippen LogP contribution in [-0.4, -0.2) is 12.2 Å². The molecular formula is C5H11NO2. The van der Waals surface area contributed by atoms with Crippen molar-refractivity contribution in [2.24, 2.45) is 5.73 Å². The fraction of sp³-hybridized carbons (Fsp3) is 0.600. The molecule has 0 aliphatic carbocycles. The third-order valence-corrected chi connectivity index (χ3v) is 0.167. The van der Waals surface area contributed by atoms with Crippen LogP contribution in [0.5, 0.6) is 0 Å². The van der Waals surface area contributed by atoms with E-state index in [0.29, 0.717) is 6.42 Å². The first-order chi connectivity index (χ1) is 3.65. The van der Waals surface area contributed by atoms with Crippen molar-refractivity contribution in [1.82, 2.24) is 0 Å². The molecule has 0 unspecified atom stereocenters. The molecule has 0 spiro atoms. The van der Waals surface area contributed by atoms with E-state index < -0.39 is 0 Å². The van der Waals surface area contributed by atoms with E-state index in [1.807, 2.05) is 6.92 Å². The molecule has 0 aliphatic rings. The molecule has 0 aliphatic heterocycles. The van der Waals surface area contributed by atoms with Crippen molar-refractivity contribution >= 4 is 12.2 Å². The highest BCUT2D eigenvalue weighted by atomic mass is 16.1. The van der Waals surface area contributed by atoms with Crippen LogP contribution in [0.1, 0.15) is 20.3 Å². The van der Waals surface area contributed by atoms with Gasteiger partial charge in [-0.3, -0.25) is 4.79 Å². The van der Waals surface area contributed by atoms with Crippen molar-refractivity contribution in [3.05, 3.63) is 0 Å². The molecule has 8 heavy (non-hydrogen) atoms. The van der Waals surface area contributed by atoms with Gasteiger partial charge in [0.1, 0.15) is 6.29 Å². The van der Waals surface area contributed by atoms with Crippen LogP contribution in [0.3, 0.4) is 0 Å². The van der Waals surface area contributed by atoms with Gasteiger partial charge in [-0.15, -0.1) is 0 Å². The van der Waals surface area contributed by atoms with Crippen LogP contribution in [0.2, 0.25) is 0 Å². The van der Waals surface area contributed by atoms with E-state index in [-0.39, 0.29) is 5.91 Å². The zero-order valence-corrected chi connectivity index (χ0v) is 5.18. The number of rotatable bonds is 1. The van der Waals surface area contributed by atoms with Crippen molar-refractivity contribution in [3.63, 3.8) is 0 Å². The monoisotopic (exact) mass is 117 g/mol. The Kier molecular flexibility index (Phi) is 12.1. The van der Waals surface area contributed by atoms with Crippen LogP contribution in [0.25, 0.3) is 0 Å². The van der Waals surface area contributed by atoms with Crippen molar-refractivity contribution in [1.29, 1.82) is 0 Å². The second-order valence-corrected chi connectivity index (χ2v) is 1.19. The maximum Gasteiger partial charge on any atom is 0.214 e. The number of carbonyl (C=O) groups excluding carboxylic acids is 2. The Hall–Kier alpha value is -0.860. The minimum Gasteiger partial charge on any atom is -0.370 e. The minimum atomic E-state index is -0.333. The van der Waals surface area contributed by atoms with Gasteiger partial charge in [0.2, 0.25) is 5.91 Å². The topological polar surface area (TPSA) is 60.2 Å². The largest absolute Gasteiger partial charge is 0.370 e. The molecule has 0 heterocycles. The Balaban J connectivity index is 0. The summed E-state index contributed by atoms with van der Waals surface area (Å²) in [6, 6.07) is 0. The number of hydrogen-bond acceptors (Lipinski definition) is 2. The summed E-state index contributed by atoms with van der Waals surface area (Å²) in [4.78, 5) is 18.4. The molecule has 0 fully saturated rings. The van der Waals surface area contributed by atoms with E-state index in [9.17, 15) is 9.59 Å². The van der Waals surface area contributed by atoms with Crippen molar-refractivity contribution in [2.75, 3.05) is 0 Å². The molecule has 3 heteroatoms. The standard InChI is InChI=1S/C3H6O.C2H5NO/c1-2-3-4;1-2(3)4/h3H,2H2,1H3;1H3,(H2,3,4). The minimum absolute atomic E-state index is 0.333. The first-order valence-corrected chi connectivity index (χ1v) is 2.34. The third kappa shape index (κ3) is 4490. The van der Waals surface area contributed by atoms with Gasteiger partial charge in [-0.2, -0.15) is 0 Å². The first-order valence-electron chi connectivity index (χ1n) is 2.34. The highest BCUT2D eigenvalue weighted by Crippen LogP contribution is 1.53. The molecule has 0 bridgehead atoms. The zero-order chi connectivity index (χ0) is 6.99. The molecule has 2 N–H and O–H groups in total. The molecular weight excluding hydrogens is 106 g/mol. The predicted molar refractivity (Wildman–Crippen MR) is 31.2 cm³/mol. The number of carbonyl (C=O) groups is 2. The summed E-state index contributed by atoms with van der Waals surface area (Å²) in [6.07, 6.45) is 1.51. The fourth-order valence-electron chi connectivity index (χ4n) is 0. The lowest BCUT2D eigenvalue weighted by atomic mass is 10.6. The molecule has 0 aromatic carbocycles. The molecule has 0 atom stereocenters. The number of nitrogens with two attached hydrogens (primary N) is 1. The summed E-state index contributed by atoms with van der Waals surface area (Å²) >= 11 is 0. The quantitative estimate of drug-likeness (QED) is 0.494. The van der Waals surface area contributed by atoms with E-state index in [2.05, 4.69) is 5.73 Å². The second kappa shape index (κ2) is 9.46. The number of amides is 1.